The fraction of sp³-hybridized carbons (Fsp3) is 0.493. The molecule has 2 fully saturated rings. The number of carbonyl (C=O) groups is 8. The van der Waals surface area contributed by atoms with Crippen molar-refractivity contribution in [2.24, 2.45) is 5.92 Å². The number of para-hydroxylation sites is 1. The molecule has 10 atom stereocenters. The van der Waals surface area contributed by atoms with Crippen LogP contribution in [0.15, 0.2) is 115 Å². The highest BCUT2D eigenvalue weighted by molar-refractivity contribution is 6.74. The fourth-order valence-electron chi connectivity index (χ4n) is 13.0. The number of benzene rings is 4. The number of likely N-dealkylation sites (N-methyl/N-ethyl adjacent to an activating group) is 1. The van der Waals surface area contributed by atoms with Crippen LogP contribution in [0.5, 0.6) is 5.75 Å². The Labute approximate surface area is 607 Å². The van der Waals surface area contributed by atoms with Crippen molar-refractivity contribution < 1.29 is 81.8 Å². The molecule has 4 bridgehead atoms. The predicted octanol–water partition coefficient (Wildman–Crippen LogP) is 7.62. The Balaban J connectivity index is 0.784. The first kappa shape index (κ1) is 78.5. The number of amides is 7. The maximum atomic E-state index is 14.5. The molecule has 556 valence electrons. The van der Waals surface area contributed by atoms with Gasteiger partial charge in [-0.3, -0.25) is 29.3 Å². The summed E-state index contributed by atoms with van der Waals surface area (Å²) in [6.07, 6.45) is -6.18. The normalized spacial score (nSPS) is 23.0. The minimum Gasteiger partial charge on any atom is -0.495 e. The number of hydrogen-bond acceptors (Lipinski definition) is 18. The maximum absolute atomic E-state index is 14.5. The van der Waals surface area contributed by atoms with Crippen LogP contribution in [0.2, 0.25) is 23.2 Å². The van der Waals surface area contributed by atoms with Gasteiger partial charge < -0.3 is 73.7 Å². The second-order valence-corrected chi connectivity index (χ2v) is 34.0. The van der Waals surface area contributed by atoms with Crippen LogP contribution in [0.1, 0.15) is 102 Å². The molecule has 4 aliphatic rings. The number of epoxide rings is 1. The van der Waals surface area contributed by atoms with Crippen molar-refractivity contribution in [3.63, 3.8) is 0 Å². The molecule has 4 heterocycles. The van der Waals surface area contributed by atoms with E-state index in [0.29, 0.717) is 18.5 Å². The Morgan fingerprint density at radius 2 is 1.53 bits per heavy atom. The number of nitrogens with zero attached hydrogens (tertiary/aromatic N) is 5. The van der Waals surface area contributed by atoms with Crippen molar-refractivity contribution in [2.75, 3.05) is 66.4 Å². The molecular weight excluding hydrogens is 1360 g/mol. The van der Waals surface area contributed by atoms with E-state index in [1.165, 1.54) is 44.1 Å². The number of hydrogen-bond donors (Lipinski definition) is 7. The van der Waals surface area contributed by atoms with Crippen molar-refractivity contribution in [1.29, 1.82) is 0 Å². The topological polar surface area (TPSA) is 322 Å². The first-order valence-electron chi connectivity index (χ1n) is 34.6. The van der Waals surface area contributed by atoms with E-state index in [4.69, 9.17) is 39.7 Å². The summed E-state index contributed by atoms with van der Waals surface area (Å²) in [5.74, 6) is -4.81. The Morgan fingerprint density at radius 3 is 2.20 bits per heavy atom. The summed E-state index contributed by atoms with van der Waals surface area (Å²) < 4.78 is 38.0. The average molecular weight is 1460 g/mol. The number of aliphatic hydroxyl groups excluding tert-OH is 2. The van der Waals surface area contributed by atoms with Crippen molar-refractivity contribution in [2.45, 2.75) is 172 Å². The van der Waals surface area contributed by atoms with Gasteiger partial charge in [-0.25, -0.2) is 24.4 Å². The van der Waals surface area contributed by atoms with Gasteiger partial charge >= 0.3 is 18.2 Å². The van der Waals surface area contributed by atoms with Gasteiger partial charge in [-0.2, -0.15) is 0 Å². The van der Waals surface area contributed by atoms with Crippen molar-refractivity contribution in [3.05, 3.63) is 142 Å². The van der Waals surface area contributed by atoms with Crippen LogP contribution in [0.25, 0.3) is 22.0 Å². The summed E-state index contributed by atoms with van der Waals surface area (Å²) in [6.45, 7) is 16.3. The number of hydrazine groups is 1. The molecule has 4 aromatic carbocycles. The van der Waals surface area contributed by atoms with Gasteiger partial charge in [0.1, 0.15) is 47.3 Å². The van der Waals surface area contributed by atoms with Crippen LogP contribution >= 0.6 is 11.6 Å². The highest BCUT2D eigenvalue weighted by Crippen LogP contribution is 2.50. The lowest BCUT2D eigenvalue weighted by Crippen LogP contribution is -2.63. The van der Waals surface area contributed by atoms with Crippen LogP contribution in [-0.4, -0.2) is 206 Å². The number of rotatable bonds is 23. The Kier molecular flexibility index (Phi) is 24.8. The third-order valence-corrected chi connectivity index (χ3v) is 25.5. The summed E-state index contributed by atoms with van der Waals surface area (Å²) in [5, 5.41) is 48.7. The molecule has 0 saturated carbocycles. The third-order valence-electron chi connectivity index (χ3n) is 20.7. The number of ether oxygens (including phenoxy) is 5. The van der Waals surface area contributed by atoms with Gasteiger partial charge in [0.25, 0.3) is 11.8 Å². The summed E-state index contributed by atoms with van der Waals surface area (Å²) in [7, 11) is 4.84. The molecular formula is C75H98ClN9O17Si. The molecule has 3 aliphatic heterocycles. The molecule has 7 N–H and O–H groups in total. The zero-order valence-corrected chi connectivity index (χ0v) is 62.8. The van der Waals surface area contributed by atoms with Crippen molar-refractivity contribution in [3.8, 4) is 16.9 Å². The highest BCUT2D eigenvalue weighted by Gasteiger charge is 2.64. The largest absolute Gasteiger partial charge is 0.495 e. The van der Waals surface area contributed by atoms with Crippen LogP contribution in [0.4, 0.5) is 15.3 Å². The number of aromatic nitrogens is 1. The van der Waals surface area contributed by atoms with Gasteiger partial charge in [-0.15, -0.1) is 0 Å². The number of fused-ring (bicyclic) bond motifs is 9. The second-order valence-electron chi connectivity index (χ2n) is 28.9. The number of nitrogens with one attached hydrogen (secondary N) is 4. The quantitative estimate of drug-likeness (QED) is 0.00825. The van der Waals surface area contributed by atoms with Crippen molar-refractivity contribution in [1.82, 2.24) is 40.8 Å². The lowest BCUT2D eigenvalue weighted by atomic mass is 9.83. The van der Waals surface area contributed by atoms with Gasteiger partial charge in [0.05, 0.1) is 31.9 Å². The van der Waals surface area contributed by atoms with E-state index in [1.807, 2.05) is 100.0 Å². The van der Waals surface area contributed by atoms with Gasteiger partial charge in [0.2, 0.25) is 17.7 Å². The molecule has 0 spiro atoms. The van der Waals surface area contributed by atoms with Crippen LogP contribution < -0.4 is 30.9 Å². The Morgan fingerprint density at radius 1 is 0.893 bits per heavy atom. The Bertz CT molecular complexity index is 4020. The van der Waals surface area contributed by atoms with Crippen molar-refractivity contribution >= 4 is 84.2 Å². The molecule has 2 unspecified atom stereocenters. The first-order valence-corrected chi connectivity index (χ1v) is 37.9. The fourth-order valence-corrected chi connectivity index (χ4v) is 14.6. The maximum Gasteiger partial charge on any atom is 0.424 e. The van der Waals surface area contributed by atoms with E-state index in [-0.39, 0.29) is 80.3 Å². The Hall–Kier alpha value is -8.67. The molecule has 9 rings (SSSR count). The second kappa shape index (κ2) is 32.6. The van der Waals surface area contributed by atoms with Gasteiger partial charge in [-0.05, 0) is 103 Å². The highest BCUT2D eigenvalue weighted by atomic mass is 35.5. The minimum atomic E-state index is -2.89. The van der Waals surface area contributed by atoms with E-state index in [0.717, 1.165) is 49.3 Å². The summed E-state index contributed by atoms with van der Waals surface area (Å²) >= 11 is 6.84. The first-order chi connectivity index (χ1) is 48.6. The van der Waals surface area contributed by atoms with E-state index >= 15 is 0 Å². The van der Waals surface area contributed by atoms with Crippen LogP contribution in [-0.2, 0) is 71.7 Å². The average Bonchev–Trinajstić information content (AvgIpc) is 1.57. The monoisotopic (exact) mass is 1460 g/mol. The zero-order valence-electron chi connectivity index (χ0n) is 61.0. The third kappa shape index (κ3) is 17.9. The predicted molar refractivity (Wildman–Crippen MR) is 389 cm³/mol. The molecule has 26 nitrogen and oxygen atoms in total. The molecule has 28 heteroatoms. The zero-order chi connectivity index (χ0) is 75.2. The lowest BCUT2D eigenvalue weighted by molar-refractivity contribution is -0.162. The SMILES string of the molecule is COc1cc2cc(c1Cl)N(C)C(=O)C[C@H](OC(=O)[C@H](C)N(C)C(=O)CCNC(=O)[C@@H](O)C(O[Si](C)(C)C(C)(C)C)C(=O)NCCNC(=O)CCn1c(CN(C)N(C)C(=O)OCC3c4ccccc4-c4ccccc43)cc3ccccc31)[C@]1(C)OC1[C@H](C)[C@@H]1C[C@@](O)(NC(=O)O1)[C@H](O)/C=C/C=C(\C)C2. The van der Waals surface area contributed by atoms with Gasteiger partial charge in [-0.1, -0.05) is 130 Å². The lowest BCUT2D eigenvalue weighted by Gasteiger charge is -2.41. The van der Waals surface area contributed by atoms with E-state index < -0.39 is 121 Å². The summed E-state index contributed by atoms with van der Waals surface area (Å²) in [5.41, 5.74) is 4.44. The minimum absolute atomic E-state index is 0.0105. The summed E-state index contributed by atoms with van der Waals surface area (Å²) in [6, 6.07) is 28.2. The number of esters is 1. The number of aliphatic hydroxyl groups is 3. The standard InChI is InChI=1S/C75H98ClN9O17Si/c1-44-22-21-29-59(86)75(96)41-58(99-71(94)80-75)45(2)67-74(7,101-67)60(40-63(89)83(10)56-37-47(36-44)38-57(97-12)64(56)76)100-70(93)46(3)82(9)62(88)30-32-78-68(91)65(90)66(102-103(13,14)73(4,5)6)69(92)79-34-33-77-61(87)31-35-85-49(39-48-23-15-20-28-55(48)85)42-81(8)84(11)72(95)98-43-54-52-26-18-16-24-50(52)51-25-17-19-27-53(51)54/h15-29,37-39,45-46,54,58-60,65-67,86,90,96H,30-36,40-43H2,1-14H3,(H,77,87)(H,78,91)(H,79,92)(H,80,94)/b29-21+,44-22+/t45-,46+,58+,59-,60+,65+,66?,67?,74+,75+/m1/s1. The van der Waals surface area contributed by atoms with Gasteiger partial charge in [0.15, 0.2) is 26.3 Å². The number of carbonyl (C=O) groups excluding carboxylic acids is 8. The number of aryl methyl sites for hydroxylation is 1. The van der Waals surface area contributed by atoms with Gasteiger partial charge in [0, 0.05) is 96.7 Å². The number of alkyl carbamates (subject to hydrolysis) is 1. The number of allylic oxidation sites excluding steroid dienone is 3. The van der Waals surface area contributed by atoms with E-state index in [9.17, 15) is 53.7 Å². The van der Waals surface area contributed by atoms with Crippen LogP contribution in [0.3, 0.4) is 0 Å². The number of halogens is 1. The molecule has 2 saturated heterocycles. The van der Waals surface area contributed by atoms with E-state index in [2.05, 4.69) is 45.5 Å². The molecule has 1 aliphatic carbocycles. The molecule has 5 aromatic rings. The molecule has 103 heavy (non-hydrogen) atoms. The summed E-state index contributed by atoms with van der Waals surface area (Å²) in [4.78, 5) is 113. The van der Waals surface area contributed by atoms with Crippen LogP contribution in [0, 0.1) is 5.92 Å². The smallest absolute Gasteiger partial charge is 0.424 e. The number of methoxy groups -OCH3 is 1. The molecule has 0 radical (unpaired) electrons. The molecule has 1 aromatic heterocycles. The number of anilines is 1. The molecule has 7 amide bonds. The van der Waals surface area contributed by atoms with E-state index in [1.54, 1.807) is 57.2 Å².